The second kappa shape index (κ2) is 6.44. The van der Waals surface area contributed by atoms with E-state index in [0.29, 0.717) is 11.5 Å². The fourth-order valence-electron chi connectivity index (χ4n) is 3.07. The number of pyridine rings is 1. The first-order valence-corrected chi connectivity index (χ1v) is 8.29. The van der Waals surface area contributed by atoms with Crippen LogP contribution in [0.15, 0.2) is 66.4 Å². The van der Waals surface area contributed by atoms with Crippen molar-refractivity contribution in [3.8, 4) is 0 Å². The number of carbonyl (C=O) groups excluding carboxylic acids is 1. The zero-order valence-corrected chi connectivity index (χ0v) is 14.5. The number of nitrogens with zero attached hydrogens (tertiary/aromatic N) is 4. The third kappa shape index (κ3) is 2.83. The molecular weight excluding hydrogens is 328 g/mol. The zero-order valence-electron chi connectivity index (χ0n) is 14.5. The van der Waals surface area contributed by atoms with Gasteiger partial charge in [0.25, 0.3) is 5.91 Å². The molecule has 4 rings (SSSR count). The van der Waals surface area contributed by atoms with Crippen molar-refractivity contribution in [1.82, 2.24) is 19.7 Å². The number of amides is 1. The first kappa shape index (κ1) is 16.0. The highest BCUT2D eigenvalue weighted by atomic mass is 16.1. The summed E-state index contributed by atoms with van der Waals surface area (Å²) in [5.74, 6) is 0.414. The third-order valence-corrected chi connectivity index (χ3v) is 4.35. The number of aryl methyl sites for hydroxylation is 1. The Labute approximate surface area is 150 Å². The van der Waals surface area contributed by atoms with E-state index in [1.165, 1.54) is 6.33 Å². The maximum atomic E-state index is 13.1. The van der Waals surface area contributed by atoms with Crippen LogP contribution in [0.5, 0.6) is 0 Å². The van der Waals surface area contributed by atoms with E-state index in [0.717, 1.165) is 22.5 Å². The summed E-state index contributed by atoms with van der Waals surface area (Å²) in [5, 5.41) is 10.4. The Morgan fingerprint density at radius 3 is 2.73 bits per heavy atom. The number of nitrogens with one attached hydrogen (secondary N) is 2. The Balaban J connectivity index is 1.74. The van der Waals surface area contributed by atoms with Crippen LogP contribution in [0.25, 0.3) is 0 Å². The monoisotopic (exact) mass is 346 g/mol. The molecule has 1 aromatic carbocycles. The lowest BCUT2D eigenvalue weighted by molar-refractivity contribution is -0.113. The van der Waals surface area contributed by atoms with E-state index in [-0.39, 0.29) is 5.91 Å². The first-order chi connectivity index (χ1) is 12.6. The van der Waals surface area contributed by atoms with Gasteiger partial charge < -0.3 is 10.6 Å². The van der Waals surface area contributed by atoms with E-state index < -0.39 is 6.04 Å². The molecule has 3 heterocycles. The van der Waals surface area contributed by atoms with Gasteiger partial charge in [0, 0.05) is 23.8 Å². The van der Waals surface area contributed by atoms with Crippen LogP contribution < -0.4 is 10.6 Å². The molecule has 7 nitrogen and oxygen atoms in total. The molecule has 26 heavy (non-hydrogen) atoms. The summed E-state index contributed by atoms with van der Waals surface area (Å²) in [6.45, 7) is 3.87. The molecule has 0 aliphatic carbocycles. The fourth-order valence-corrected chi connectivity index (χ4v) is 3.07. The SMILES string of the molecule is CC1=C(C(=O)Nc2ccc(C)cc2)[C@H](c2cccnc2)n2ncnc2N1. The number of anilines is 2. The van der Waals surface area contributed by atoms with Gasteiger partial charge in [0.05, 0.1) is 5.57 Å². The molecule has 1 atom stereocenters. The van der Waals surface area contributed by atoms with Crippen LogP contribution >= 0.6 is 0 Å². The minimum absolute atomic E-state index is 0.186. The average molecular weight is 346 g/mol. The van der Waals surface area contributed by atoms with Gasteiger partial charge in [0.2, 0.25) is 5.95 Å². The lowest BCUT2D eigenvalue weighted by Crippen LogP contribution is -2.31. The Morgan fingerprint density at radius 1 is 1.19 bits per heavy atom. The second-order valence-corrected chi connectivity index (χ2v) is 6.20. The van der Waals surface area contributed by atoms with Crippen LogP contribution in [0.1, 0.15) is 24.1 Å². The van der Waals surface area contributed by atoms with Gasteiger partial charge in [-0.3, -0.25) is 9.78 Å². The summed E-state index contributed by atoms with van der Waals surface area (Å²) in [5.41, 5.74) is 4.07. The van der Waals surface area contributed by atoms with Crippen molar-refractivity contribution < 1.29 is 4.79 Å². The Hall–Kier alpha value is -3.48. The molecule has 0 spiro atoms. The Kier molecular flexibility index (Phi) is 3.96. The van der Waals surface area contributed by atoms with E-state index in [1.54, 1.807) is 17.1 Å². The summed E-state index contributed by atoms with van der Waals surface area (Å²) in [7, 11) is 0. The molecule has 0 radical (unpaired) electrons. The molecule has 3 aromatic rings. The van der Waals surface area contributed by atoms with E-state index in [2.05, 4.69) is 25.7 Å². The largest absolute Gasteiger partial charge is 0.328 e. The van der Waals surface area contributed by atoms with Crippen molar-refractivity contribution in [1.29, 1.82) is 0 Å². The van der Waals surface area contributed by atoms with Gasteiger partial charge in [0.1, 0.15) is 12.4 Å². The van der Waals surface area contributed by atoms with Crippen molar-refractivity contribution in [2.24, 2.45) is 0 Å². The summed E-state index contributed by atoms with van der Waals surface area (Å²) in [4.78, 5) is 21.5. The number of rotatable bonds is 3. The Morgan fingerprint density at radius 2 is 2.00 bits per heavy atom. The number of hydrogen-bond donors (Lipinski definition) is 2. The van der Waals surface area contributed by atoms with Crippen LogP contribution in [0.2, 0.25) is 0 Å². The van der Waals surface area contributed by atoms with Crippen LogP contribution in [0, 0.1) is 6.92 Å². The standard InChI is InChI=1S/C19H18N6O/c1-12-5-7-15(8-6-12)24-18(26)16-13(2)23-19-21-11-22-25(19)17(16)14-4-3-9-20-10-14/h3-11,17H,1-2H3,(H,24,26)(H,21,22,23)/t17-/m0/s1. The molecule has 0 unspecified atom stereocenters. The molecule has 0 bridgehead atoms. The lowest BCUT2D eigenvalue weighted by atomic mass is 9.96. The van der Waals surface area contributed by atoms with Gasteiger partial charge in [-0.1, -0.05) is 23.8 Å². The van der Waals surface area contributed by atoms with E-state index >= 15 is 0 Å². The van der Waals surface area contributed by atoms with Crippen LogP contribution in [0.4, 0.5) is 11.6 Å². The number of hydrogen-bond acceptors (Lipinski definition) is 5. The van der Waals surface area contributed by atoms with E-state index in [9.17, 15) is 4.79 Å². The molecule has 0 saturated heterocycles. The highest BCUT2D eigenvalue weighted by molar-refractivity contribution is 6.06. The summed E-state index contributed by atoms with van der Waals surface area (Å²) < 4.78 is 1.70. The number of carbonyl (C=O) groups is 1. The molecule has 1 aliphatic rings. The number of aromatic nitrogens is 4. The smallest absolute Gasteiger partial charge is 0.255 e. The van der Waals surface area contributed by atoms with Crippen molar-refractivity contribution >= 4 is 17.5 Å². The Bertz CT molecular complexity index is 975. The van der Waals surface area contributed by atoms with E-state index in [1.807, 2.05) is 50.2 Å². The molecule has 2 N–H and O–H groups in total. The van der Waals surface area contributed by atoms with Gasteiger partial charge in [0.15, 0.2) is 0 Å². The van der Waals surface area contributed by atoms with Crippen molar-refractivity contribution in [2.45, 2.75) is 19.9 Å². The summed E-state index contributed by atoms with van der Waals surface area (Å²) >= 11 is 0. The van der Waals surface area contributed by atoms with Crippen LogP contribution in [-0.4, -0.2) is 25.7 Å². The average Bonchev–Trinajstić information content (AvgIpc) is 3.11. The second-order valence-electron chi connectivity index (χ2n) is 6.20. The third-order valence-electron chi connectivity index (χ3n) is 4.35. The minimum atomic E-state index is -0.395. The number of allylic oxidation sites excluding steroid dienone is 1. The highest BCUT2D eigenvalue weighted by Gasteiger charge is 2.33. The number of benzene rings is 1. The minimum Gasteiger partial charge on any atom is -0.328 e. The quantitative estimate of drug-likeness (QED) is 0.762. The first-order valence-electron chi connectivity index (χ1n) is 8.29. The lowest BCUT2D eigenvalue weighted by Gasteiger charge is -2.28. The van der Waals surface area contributed by atoms with Crippen molar-refractivity contribution in [3.63, 3.8) is 0 Å². The normalized spacial score (nSPS) is 16.0. The molecule has 0 fully saturated rings. The molecular formula is C19H18N6O. The molecule has 1 amide bonds. The zero-order chi connectivity index (χ0) is 18.1. The molecule has 0 saturated carbocycles. The maximum Gasteiger partial charge on any atom is 0.255 e. The maximum absolute atomic E-state index is 13.1. The predicted octanol–water partition coefficient (Wildman–Crippen LogP) is 2.91. The van der Waals surface area contributed by atoms with Gasteiger partial charge in [-0.2, -0.15) is 10.1 Å². The fraction of sp³-hybridized carbons (Fsp3) is 0.158. The highest BCUT2D eigenvalue weighted by Crippen LogP contribution is 2.34. The van der Waals surface area contributed by atoms with E-state index in [4.69, 9.17) is 0 Å². The molecule has 130 valence electrons. The van der Waals surface area contributed by atoms with Gasteiger partial charge in [-0.05, 0) is 37.6 Å². The molecule has 1 aliphatic heterocycles. The van der Waals surface area contributed by atoms with Crippen molar-refractivity contribution in [3.05, 3.63) is 77.5 Å². The van der Waals surface area contributed by atoms with Gasteiger partial charge >= 0.3 is 0 Å². The molecule has 7 heteroatoms. The topological polar surface area (TPSA) is 84.7 Å². The summed E-state index contributed by atoms with van der Waals surface area (Å²) in [6, 6.07) is 11.1. The predicted molar refractivity (Wildman–Crippen MR) is 98.5 cm³/mol. The van der Waals surface area contributed by atoms with Crippen LogP contribution in [-0.2, 0) is 4.79 Å². The van der Waals surface area contributed by atoms with Gasteiger partial charge in [-0.15, -0.1) is 0 Å². The van der Waals surface area contributed by atoms with Crippen molar-refractivity contribution in [2.75, 3.05) is 10.6 Å². The summed E-state index contributed by atoms with van der Waals surface area (Å²) in [6.07, 6.45) is 4.92. The number of fused-ring (bicyclic) bond motifs is 1. The van der Waals surface area contributed by atoms with Gasteiger partial charge in [-0.25, -0.2) is 4.68 Å². The van der Waals surface area contributed by atoms with Crippen LogP contribution in [0.3, 0.4) is 0 Å². The molecule has 2 aromatic heterocycles.